The molecule has 0 radical (unpaired) electrons. The van der Waals surface area contributed by atoms with Gasteiger partial charge >= 0.3 is 0 Å². The molecule has 0 amide bonds. The molecule has 0 fully saturated rings. The van der Waals surface area contributed by atoms with Crippen LogP contribution in [0.4, 0.5) is 0 Å². The molecule has 17 heavy (non-hydrogen) atoms. The lowest BCUT2D eigenvalue weighted by Crippen LogP contribution is -2.00. The molecule has 0 unspecified atom stereocenters. The summed E-state index contributed by atoms with van der Waals surface area (Å²) in [6.07, 6.45) is 0. The van der Waals surface area contributed by atoms with Crippen LogP contribution in [0.3, 0.4) is 0 Å². The molecule has 1 nitrogen and oxygen atoms in total. The molecular weight excluding hydrogens is 320 g/mol. The number of carbonyl (C=O) groups excluding carboxylic acids is 1. The molecule has 0 aliphatic heterocycles. The molecule has 0 bridgehead atoms. The molecule has 0 atom stereocenters. The maximum atomic E-state index is 12.3. The zero-order chi connectivity index (χ0) is 12.6. The van der Waals surface area contributed by atoms with E-state index in [1.54, 1.807) is 18.2 Å². The third-order valence-corrected chi connectivity index (χ3v) is 4.79. The van der Waals surface area contributed by atoms with Crippen LogP contribution in [0.25, 0.3) is 0 Å². The number of hydrogen-bond acceptors (Lipinski definition) is 2. The van der Waals surface area contributed by atoms with Crippen LogP contribution >= 0.6 is 38.9 Å². The Hall–Kier alpha value is -0.640. The molecular formula is C13H10BrClOS. The summed E-state index contributed by atoms with van der Waals surface area (Å²) in [5.41, 5.74) is 1.69. The number of carbonyl (C=O) groups is 1. The third-order valence-electron chi connectivity index (χ3n) is 2.43. The minimum atomic E-state index is 0.0537. The van der Waals surface area contributed by atoms with E-state index in [0.717, 1.165) is 19.8 Å². The molecule has 0 saturated carbocycles. The van der Waals surface area contributed by atoms with Gasteiger partial charge in [0.1, 0.15) is 0 Å². The van der Waals surface area contributed by atoms with E-state index < -0.39 is 0 Å². The minimum Gasteiger partial charge on any atom is -0.288 e. The van der Waals surface area contributed by atoms with Gasteiger partial charge in [0.25, 0.3) is 0 Å². The summed E-state index contributed by atoms with van der Waals surface area (Å²) >= 11 is 10.8. The minimum absolute atomic E-state index is 0.0537. The van der Waals surface area contributed by atoms with E-state index in [9.17, 15) is 4.79 Å². The van der Waals surface area contributed by atoms with Crippen LogP contribution in [-0.2, 0) is 0 Å². The Balaban J connectivity index is 2.44. The van der Waals surface area contributed by atoms with Crippen LogP contribution in [0, 0.1) is 13.8 Å². The highest BCUT2D eigenvalue weighted by Gasteiger charge is 2.15. The second-order valence-corrected chi connectivity index (χ2v) is 6.35. The van der Waals surface area contributed by atoms with E-state index >= 15 is 0 Å². The molecule has 4 heteroatoms. The second kappa shape index (κ2) is 4.92. The van der Waals surface area contributed by atoms with Gasteiger partial charge in [0.15, 0.2) is 0 Å². The van der Waals surface area contributed by atoms with E-state index in [1.807, 2.05) is 19.9 Å². The number of hydrogen-bond donors (Lipinski definition) is 0. The van der Waals surface area contributed by atoms with Crippen LogP contribution in [-0.4, -0.2) is 5.78 Å². The summed E-state index contributed by atoms with van der Waals surface area (Å²) in [5.74, 6) is 0.0537. The molecule has 1 aromatic carbocycles. The topological polar surface area (TPSA) is 17.1 Å². The Morgan fingerprint density at radius 1 is 1.29 bits per heavy atom. The quantitative estimate of drug-likeness (QED) is 0.708. The normalized spacial score (nSPS) is 10.6. The molecule has 0 N–H and O–H groups in total. The SMILES string of the molecule is Cc1cc(C)c(C(=O)c2ccc(Cl)c(Br)c2)s1. The second-order valence-electron chi connectivity index (χ2n) is 3.83. The summed E-state index contributed by atoms with van der Waals surface area (Å²) in [6, 6.07) is 7.28. The fourth-order valence-electron chi connectivity index (χ4n) is 1.64. The molecule has 1 heterocycles. The van der Waals surface area contributed by atoms with E-state index in [-0.39, 0.29) is 5.78 Å². The predicted molar refractivity (Wildman–Crippen MR) is 76.4 cm³/mol. The maximum Gasteiger partial charge on any atom is 0.203 e. The zero-order valence-corrected chi connectivity index (χ0v) is 12.5. The molecule has 0 spiro atoms. The first kappa shape index (κ1) is 12.8. The average Bonchev–Trinajstić information content (AvgIpc) is 2.61. The van der Waals surface area contributed by atoms with Crippen molar-refractivity contribution in [2.24, 2.45) is 0 Å². The monoisotopic (exact) mass is 328 g/mol. The van der Waals surface area contributed by atoms with Crippen LogP contribution in [0.2, 0.25) is 5.02 Å². The fraction of sp³-hybridized carbons (Fsp3) is 0.154. The predicted octanol–water partition coefficient (Wildman–Crippen LogP) is 5.01. The fourth-order valence-corrected chi connectivity index (χ4v) is 3.12. The molecule has 2 rings (SSSR count). The van der Waals surface area contributed by atoms with Gasteiger partial charge in [-0.25, -0.2) is 0 Å². The van der Waals surface area contributed by atoms with Gasteiger partial charge in [-0.05, 0) is 59.6 Å². The van der Waals surface area contributed by atoms with E-state index in [1.165, 1.54) is 11.3 Å². The van der Waals surface area contributed by atoms with Crippen LogP contribution in [0.5, 0.6) is 0 Å². The maximum absolute atomic E-state index is 12.3. The Kier molecular flexibility index (Phi) is 3.71. The summed E-state index contributed by atoms with van der Waals surface area (Å²) in [4.78, 5) is 14.2. The lowest BCUT2D eigenvalue weighted by Gasteiger charge is -2.02. The highest BCUT2D eigenvalue weighted by atomic mass is 79.9. The van der Waals surface area contributed by atoms with Crippen molar-refractivity contribution in [3.05, 3.63) is 54.6 Å². The zero-order valence-electron chi connectivity index (χ0n) is 9.38. The molecule has 0 aliphatic rings. The van der Waals surface area contributed by atoms with Gasteiger partial charge in [-0.1, -0.05) is 11.6 Å². The van der Waals surface area contributed by atoms with Gasteiger partial charge in [0, 0.05) is 14.9 Å². The Labute approximate surface area is 118 Å². The standard InChI is InChI=1S/C13H10BrClOS/c1-7-5-8(2)17-13(7)12(16)9-3-4-11(15)10(14)6-9/h3-6H,1-2H3. The smallest absolute Gasteiger partial charge is 0.203 e. The molecule has 88 valence electrons. The summed E-state index contributed by atoms with van der Waals surface area (Å²) in [7, 11) is 0. The highest BCUT2D eigenvalue weighted by Crippen LogP contribution is 2.27. The van der Waals surface area contributed by atoms with Gasteiger partial charge < -0.3 is 0 Å². The van der Waals surface area contributed by atoms with Crippen LogP contribution in [0.15, 0.2) is 28.7 Å². The number of benzene rings is 1. The van der Waals surface area contributed by atoms with Crippen molar-refractivity contribution in [3.63, 3.8) is 0 Å². The molecule has 0 aliphatic carbocycles. The van der Waals surface area contributed by atoms with Crippen molar-refractivity contribution >= 4 is 44.7 Å². The highest BCUT2D eigenvalue weighted by molar-refractivity contribution is 9.10. The van der Waals surface area contributed by atoms with Gasteiger partial charge in [-0.3, -0.25) is 4.79 Å². The Morgan fingerprint density at radius 2 is 2.00 bits per heavy atom. The Bertz CT molecular complexity index is 589. The summed E-state index contributed by atoms with van der Waals surface area (Å²) in [6.45, 7) is 3.97. The van der Waals surface area contributed by atoms with Crippen molar-refractivity contribution in [1.82, 2.24) is 0 Å². The number of aryl methyl sites for hydroxylation is 2. The average molecular weight is 330 g/mol. The van der Waals surface area contributed by atoms with Gasteiger partial charge in [0.05, 0.1) is 9.90 Å². The van der Waals surface area contributed by atoms with Crippen molar-refractivity contribution in [3.8, 4) is 0 Å². The molecule has 2 aromatic rings. The van der Waals surface area contributed by atoms with E-state index in [2.05, 4.69) is 15.9 Å². The summed E-state index contributed by atoms with van der Waals surface area (Å²) in [5, 5.41) is 0.612. The van der Waals surface area contributed by atoms with Gasteiger partial charge in [-0.15, -0.1) is 11.3 Å². The lowest BCUT2D eigenvalue weighted by atomic mass is 10.1. The first-order chi connectivity index (χ1) is 7.99. The third kappa shape index (κ3) is 2.62. The summed E-state index contributed by atoms with van der Waals surface area (Å²) < 4.78 is 0.746. The number of halogens is 2. The largest absolute Gasteiger partial charge is 0.288 e. The van der Waals surface area contributed by atoms with Crippen LogP contribution < -0.4 is 0 Å². The van der Waals surface area contributed by atoms with Crippen molar-refractivity contribution < 1.29 is 4.79 Å². The van der Waals surface area contributed by atoms with E-state index in [0.29, 0.717) is 10.6 Å². The number of rotatable bonds is 2. The number of thiophene rings is 1. The van der Waals surface area contributed by atoms with Crippen molar-refractivity contribution in [1.29, 1.82) is 0 Å². The van der Waals surface area contributed by atoms with Crippen LogP contribution in [0.1, 0.15) is 25.7 Å². The first-order valence-corrected chi connectivity index (χ1v) is 7.04. The Morgan fingerprint density at radius 3 is 2.53 bits per heavy atom. The van der Waals surface area contributed by atoms with Gasteiger partial charge in [0.2, 0.25) is 5.78 Å². The molecule has 0 saturated heterocycles. The molecule has 1 aromatic heterocycles. The van der Waals surface area contributed by atoms with Gasteiger partial charge in [-0.2, -0.15) is 0 Å². The first-order valence-electron chi connectivity index (χ1n) is 5.06. The lowest BCUT2D eigenvalue weighted by molar-refractivity contribution is 0.104. The van der Waals surface area contributed by atoms with Crippen molar-refractivity contribution in [2.75, 3.05) is 0 Å². The van der Waals surface area contributed by atoms with E-state index in [4.69, 9.17) is 11.6 Å². The van der Waals surface area contributed by atoms with Crippen molar-refractivity contribution in [2.45, 2.75) is 13.8 Å². The number of ketones is 1.